The number of fused-ring (bicyclic) bond motifs is 1. The Labute approximate surface area is 179 Å². The summed E-state index contributed by atoms with van der Waals surface area (Å²) >= 11 is 0. The molecule has 3 aromatic rings. The summed E-state index contributed by atoms with van der Waals surface area (Å²) in [4.78, 5) is 27.6. The van der Waals surface area contributed by atoms with Gasteiger partial charge in [-0.05, 0) is 46.1 Å². The number of rotatable bonds is 1. The Kier molecular flexibility index (Phi) is 6.77. The zero-order valence-electron chi connectivity index (χ0n) is 18.3. The van der Waals surface area contributed by atoms with Crippen LogP contribution in [0, 0.1) is 0 Å². The average Bonchev–Trinajstić information content (AvgIpc) is 3.27. The SMILES string of the molecule is CC(C)(C)OC(=O)N1CCCC[C@H](F)C1.Cn1cc(-c2cn3nccc3c(=O)[nH]2)cn1. The second-order valence-electron chi connectivity index (χ2n) is 8.58. The standard InChI is InChI=1S/C11H20FNO2.C10H9N5O/c1-11(2,3)15-10(14)13-7-5-4-6-9(12)8-13;1-14-5-7(4-12-14)8-6-15-9(2-3-11-15)10(16)13-8/h9H,4-8H2,1-3H3;2-6H,1H3,(H,13,16)/t9-;/m0./s1. The number of carbonyl (C=O) groups is 1. The zero-order valence-corrected chi connectivity index (χ0v) is 18.3. The summed E-state index contributed by atoms with van der Waals surface area (Å²) in [5, 5.41) is 8.10. The Balaban J connectivity index is 0.000000176. The average molecular weight is 433 g/mol. The third-order valence-electron chi connectivity index (χ3n) is 4.68. The number of hydrogen-bond acceptors (Lipinski definition) is 5. The summed E-state index contributed by atoms with van der Waals surface area (Å²) in [6.07, 6.45) is 7.86. The minimum Gasteiger partial charge on any atom is -0.444 e. The summed E-state index contributed by atoms with van der Waals surface area (Å²) in [5.41, 5.74) is 1.44. The van der Waals surface area contributed by atoms with Gasteiger partial charge in [-0.3, -0.25) is 9.48 Å². The third kappa shape index (κ3) is 6.16. The molecule has 1 amide bonds. The van der Waals surface area contributed by atoms with Gasteiger partial charge in [-0.1, -0.05) is 0 Å². The lowest BCUT2D eigenvalue weighted by Gasteiger charge is -2.26. The normalized spacial score (nSPS) is 17.1. The quantitative estimate of drug-likeness (QED) is 0.637. The van der Waals surface area contributed by atoms with Gasteiger partial charge in [-0.2, -0.15) is 10.2 Å². The molecule has 0 aliphatic carbocycles. The van der Waals surface area contributed by atoms with Crippen LogP contribution in [0.1, 0.15) is 40.0 Å². The van der Waals surface area contributed by atoms with E-state index in [9.17, 15) is 14.0 Å². The van der Waals surface area contributed by atoms with Crippen molar-refractivity contribution in [2.24, 2.45) is 7.05 Å². The van der Waals surface area contributed by atoms with Crippen molar-refractivity contribution < 1.29 is 13.9 Å². The van der Waals surface area contributed by atoms with Crippen LogP contribution in [-0.4, -0.2) is 60.2 Å². The Morgan fingerprint density at radius 3 is 2.71 bits per heavy atom. The van der Waals surface area contributed by atoms with Crippen LogP contribution in [-0.2, 0) is 11.8 Å². The van der Waals surface area contributed by atoms with E-state index in [2.05, 4.69) is 15.2 Å². The number of ether oxygens (including phenoxy) is 1. The molecule has 0 bridgehead atoms. The summed E-state index contributed by atoms with van der Waals surface area (Å²) in [6, 6.07) is 1.67. The monoisotopic (exact) mass is 432 g/mol. The molecule has 0 radical (unpaired) electrons. The second kappa shape index (κ2) is 9.32. The van der Waals surface area contributed by atoms with Gasteiger partial charge >= 0.3 is 6.09 Å². The van der Waals surface area contributed by atoms with Crippen molar-refractivity contribution in [1.82, 2.24) is 29.3 Å². The zero-order chi connectivity index (χ0) is 22.6. The Morgan fingerprint density at radius 1 is 1.26 bits per heavy atom. The predicted molar refractivity (Wildman–Crippen MR) is 115 cm³/mol. The van der Waals surface area contributed by atoms with Gasteiger partial charge in [0, 0.05) is 25.4 Å². The first-order valence-corrected chi connectivity index (χ1v) is 10.3. The molecule has 9 nitrogen and oxygen atoms in total. The van der Waals surface area contributed by atoms with E-state index in [0.29, 0.717) is 24.2 Å². The number of nitrogens with one attached hydrogen (secondary N) is 1. The van der Waals surface area contributed by atoms with Crippen LogP contribution in [0.25, 0.3) is 16.8 Å². The van der Waals surface area contributed by atoms with Crippen LogP contribution in [0.2, 0.25) is 0 Å². The topological polar surface area (TPSA) is 97.5 Å². The lowest BCUT2D eigenvalue weighted by molar-refractivity contribution is 0.0221. The van der Waals surface area contributed by atoms with E-state index in [1.807, 2.05) is 34.0 Å². The van der Waals surface area contributed by atoms with Gasteiger partial charge in [0.05, 0.1) is 30.8 Å². The predicted octanol–water partition coefficient (Wildman–Crippen LogP) is 3.17. The first kappa shape index (κ1) is 22.5. The molecule has 168 valence electrons. The first-order chi connectivity index (χ1) is 14.6. The van der Waals surface area contributed by atoms with Crippen LogP contribution in [0.3, 0.4) is 0 Å². The maximum atomic E-state index is 13.2. The molecule has 0 saturated carbocycles. The highest BCUT2D eigenvalue weighted by Gasteiger charge is 2.25. The summed E-state index contributed by atoms with van der Waals surface area (Å²) in [6.45, 7) is 6.23. The molecule has 1 saturated heterocycles. The highest BCUT2D eigenvalue weighted by atomic mass is 19.1. The minimum absolute atomic E-state index is 0.154. The lowest BCUT2D eigenvalue weighted by Crippen LogP contribution is -2.39. The molecular weight excluding hydrogens is 403 g/mol. The molecule has 0 aromatic carbocycles. The van der Waals surface area contributed by atoms with Crippen molar-refractivity contribution in [3.05, 3.63) is 41.2 Å². The van der Waals surface area contributed by atoms with Crippen molar-refractivity contribution in [3.63, 3.8) is 0 Å². The van der Waals surface area contributed by atoms with E-state index in [4.69, 9.17) is 4.74 Å². The largest absolute Gasteiger partial charge is 0.444 e. The van der Waals surface area contributed by atoms with E-state index in [0.717, 1.165) is 18.4 Å². The maximum Gasteiger partial charge on any atom is 0.410 e. The molecule has 10 heteroatoms. The molecule has 1 aliphatic rings. The molecule has 4 heterocycles. The number of halogens is 1. The van der Waals surface area contributed by atoms with E-state index in [1.165, 1.54) is 4.90 Å². The van der Waals surface area contributed by atoms with E-state index < -0.39 is 17.9 Å². The Hall–Kier alpha value is -3.17. The molecule has 0 unspecified atom stereocenters. The van der Waals surface area contributed by atoms with Gasteiger partial charge in [0.15, 0.2) is 0 Å². The molecule has 3 aromatic heterocycles. The Morgan fingerprint density at radius 2 is 2.03 bits per heavy atom. The number of amides is 1. The number of H-pyrrole nitrogens is 1. The van der Waals surface area contributed by atoms with Crippen molar-refractivity contribution in [2.45, 2.75) is 51.8 Å². The number of aromatic amines is 1. The highest BCUT2D eigenvalue weighted by Crippen LogP contribution is 2.17. The molecule has 1 aliphatic heterocycles. The molecule has 31 heavy (non-hydrogen) atoms. The van der Waals surface area contributed by atoms with Crippen molar-refractivity contribution in [1.29, 1.82) is 0 Å². The number of carbonyl (C=O) groups excluding carboxylic acids is 1. The van der Waals surface area contributed by atoms with Gasteiger partial charge in [0.1, 0.15) is 17.3 Å². The van der Waals surface area contributed by atoms with Crippen LogP contribution >= 0.6 is 0 Å². The fourth-order valence-corrected chi connectivity index (χ4v) is 3.23. The summed E-state index contributed by atoms with van der Waals surface area (Å²) in [7, 11) is 1.83. The van der Waals surface area contributed by atoms with Gasteiger partial charge in [-0.15, -0.1) is 0 Å². The number of hydrogen-bond donors (Lipinski definition) is 1. The minimum atomic E-state index is -0.903. The molecule has 1 atom stereocenters. The van der Waals surface area contributed by atoms with E-state index in [1.54, 1.807) is 33.9 Å². The number of nitrogens with zero attached hydrogens (tertiary/aromatic N) is 5. The number of aryl methyl sites for hydroxylation is 1. The first-order valence-electron chi connectivity index (χ1n) is 10.3. The maximum absolute atomic E-state index is 13.2. The smallest absolute Gasteiger partial charge is 0.410 e. The van der Waals surface area contributed by atoms with Crippen LogP contribution in [0.15, 0.2) is 35.6 Å². The van der Waals surface area contributed by atoms with Gasteiger partial charge in [0.25, 0.3) is 5.56 Å². The summed E-state index contributed by atoms with van der Waals surface area (Å²) in [5.74, 6) is 0. The van der Waals surface area contributed by atoms with Gasteiger partial charge in [-0.25, -0.2) is 13.7 Å². The molecule has 0 spiro atoms. The number of alkyl halides is 1. The van der Waals surface area contributed by atoms with Crippen molar-refractivity contribution in [3.8, 4) is 11.3 Å². The van der Waals surface area contributed by atoms with Crippen LogP contribution in [0.4, 0.5) is 9.18 Å². The van der Waals surface area contributed by atoms with Gasteiger partial charge < -0.3 is 14.6 Å². The fourth-order valence-electron chi connectivity index (χ4n) is 3.23. The third-order valence-corrected chi connectivity index (χ3v) is 4.68. The van der Waals surface area contributed by atoms with E-state index in [-0.39, 0.29) is 12.1 Å². The van der Waals surface area contributed by atoms with Crippen molar-refractivity contribution in [2.75, 3.05) is 13.1 Å². The molecular formula is C21H29FN6O3. The number of likely N-dealkylation sites (tertiary alicyclic amines) is 1. The number of aromatic nitrogens is 5. The van der Waals surface area contributed by atoms with Crippen molar-refractivity contribution >= 4 is 11.6 Å². The molecule has 1 N–H and O–H groups in total. The Bertz CT molecular complexity index is 1080. The van der Waals surface area contributed by atoms with Crippen LogP contribution in [0.5, 0.6) is 0 Å². The molecule has 1 fully saturated rings. The second-order valence-corrected chi connectivity index (χ2v) is 8.58. The lowest BCUT2D eigenvalue weighted by atomic mass is 10.2. The summed E-state index contributed by atoms with van der Waals surface area (Å²) < 4.78 is 21.7. The van der Waals surface area contributed by atoms with Crippen LogP contribution < -0.4 is 5.56 Å². The highest BCUT2D eigenvalue weighted by molar-refractivity contribution is 5.68. The van der Waals surface area contributed by atoms with Gasteiger partial charge in [0.2, 0.25) is 0 Å². The fraction of sp³-hybridized carbons (Fsp3) is 0.524. The molecule has 4 rings (SSSR count). The van der Waals surface area contributed by atoms with E-state index >= 15 is 0 Å².